The normalized spacial score (nSPS) is 12.1. The first kappa shape index (κ1) is 13.2. The first-order valence-electron chi connectivity index (χ1n) is 5.21. The van der Waals surface area contributed by atoms with Crippen LogP contribution in [0.25, 0.3) is 0 Å². The molecule has 0 aromatic carbocycles. The van der Waals surface area contributed by atoms with E-state index < -0.39 is 12.0 Å². The zero-order valence-corrected chi connectivity index (χ0v) is 9.59. The number of nitrogens with one attached hydrogen (secondary N) is 1. The van der Waals surface area contributed by atoms with E-state index in [1.54, 1.807) is 17.1 Å². The fourth-order valence-electron chi connectivity index (χ4n) is 1.25. The maximum atomic E-state index is 11.4. The smallest absolute Gasteiger partial charge is 0.320 e. The molecule has 17 heavy (non-hydrogen) atoms. The summed E-state index contributed by atoms with van der Waals surface area (Å²) in [6, 6.07) is -0.990. The third-order valence-electron chi connectivity index (χ3n) is 2.22. The van der Waals surface area contributed by atoms with Gasteiger partial charge in [-0.05, 0) is 6.42 Å². The fraction of sp³-hybridized carbons (Fsp3) is 0.500. The standard InChI is InChI=1S/C10H16N4O3/c1-14-5-7(13-6-14)4-12-9(15)3-2-8(11)10(16)17/h5-6,8H,2-4,11H2,1H3,(H,12,15)(H,16,17)/t8-/m0/s1. The molecule has 0 aliphatic carbocycles. The molecule has 1 amide bonds. The summed E-state index contributed by atoms with van der Waals surface area (Å²) < 4.78 is 1.78. The van der Waals surface area contributed by atoms with Crippen molar-refractivity contribution in [1.29, 1.82) is 0 Å². The van der Waals surface area contributed by atoms with Crippen molar-refractivity contribution in [3.63, 3.8) is 0 Å². The third kappa shape index (κ3) is 4.64. The highest BCUT2D eigenvalue weighted by Crippen LogP contribution is 1.97. The summed E-state index contributed by atoms with van der Waals surface area (Å²) in [4.78, 5) is 25.8. The number of amides is 1. The van der Waals surface area contributed by atoms with Gasteiger partial charge in [0, 0.05) is 19.7 Å². The van der Waals surface area contributed by atoms with Gasteiger partial charge in [0.2, 0.25) is 5.91 Å². The van der Waals surface area contributed by atoms with Crippen LogP contribution in [0.2, 0.25) is 0 Å². The van der Waals surface area contributed by atoms with Crippen molar-refractivity contribution in [1.82, 2.24) is 14.9 Å². The Morgan fingerprint density at radius 2 is 2.35 bits per heavy atom. The minimum atomic E-state index is -1.09. The molecule has 0 fully saturated rings. The Bertz CT molecular complexity index is 402. The number of hydrogen-bond donors (Lipinski definition) is 3. The molecular weight excluding hydrogens is 224 g/mol. The number of aliphatic carboxylic acids is 1. The van der Waals surface area contributed by atoms with Crippen LogP contribution in [0.3, 0.4) is 0 Å². The second-order valence-corrected chi connectivity index (χ2v) is 3.79. The monoisotopic (exact) mass is 240 g/mol. The number of nitrogens with zero attached hydrogens (tertiary/aromatic N) is 2. The van der Waals surface area contributed by atoms with Crippen molar-refractivity contribution in [2.24, 2.45) is 12.8 Å². The van der Waals surface area contributed by atoms with E-state index in [4.69, 9.17) is 10.8 Å². The fourth-order valence-corrected chi connectivity index (χ4v) is 1.25. The SMILES string of the molecule is Cn1cnc(CNC(=O)CC[C@H](N)C(=O)O)c1. The van der Waals surface area contributed by atoms with Crippen LogP contribution in [-0.2, 0) is 23.2 Å². The van der Waals surface area contributed by atoms with Crippen molar-refractivity contribution in [3.05, 3.63) is 18.2 Å². The molecule has 1 aromatic rings. The lowest BCUT2D eigenvalue weighted by atomic mass is 10.1. The molecule has 94 valence electrons. The van der Waals surface area contributed by atoms with Crippen molar-refractivity contribution in [2.45, 2.75) is 25.4 Å². The van der Waals surface area contributed by atoms with Crippen LogP contribution in [0.4, 0.5) is 0 Å². The van der Waals surface area contributed by atoms with E-state index in [9.17, 15) is 9.59 Å². The van der Waals surface area contributed by atoms with Crippen LogP contribution in [0, 0.1) is 0 Å². The molecule has 7 heteroatoms. The second kappa shape index (κ2) is 6.00. The van der Waals surface area contributed by atoms with Crippen LogP contribution >= 0.6 is 0 Å². The largest absolute Gasteiger partial charge is 0.480 e. The van der Waals surface area contributed by atoms with Gasteiger partial charge in [0.05, 0.1) is 18.6 Å². The van der Waals surface area contributed by atoms with Crippen LogP contribution in [0.1, 0.15) is 18.5 Å². The van der Waals surface area contributed by atoms with Gasteiger partial charge in [0.25, 0.3) is 0 Å². The van der Waals surface area contributed by atoms with Gasteiger partial charge >= 0.3 is 5.97 Å². The third-order valence-corrected chi connectivity index (χ3v) is 2.22. The molecule has 7 nitrogen and oxygen atoms in total. The number of carboxylic acid groups (broad SMARTS) is 1. The molecule has 0 radical (unpaired) electrons. The Morgan fingerprint density at radius 3 is 2.88 bits per heavy atom. The van der Waals surface area contributed by atoms with Gasteiger partial charge in [-0.1, -0.05) is 0 Å². The molecule has 1 atom stereocenters. The number of nitrogens with two attached hydrogens (primary N) is 1. The zero-order chi connectivity index (χ0) is 12.8. The van der Waals surface area contributed by atoms with Gasteiger partial charge in [0.1, 0.15) is 6.04 Å². The Balaban J connectivity index is 2.24. The molecule has 4 N–H and O–H groups in total. The maximum Gasteiger partial charge on any atom is 0.320 e. The molecule has 0 spiro atoms. The molecule has 1 aromatic heterocycles. The van der Waals surface area contributed by atoms with Crippen molar-refractivity contribution in [2.75, 3.05) is 0 Å². The highest BCUT2D eigenvalue weighted by atomic mass is 16.4. The summed E-state index contributed by atoms with van der Waals surface area (Å²) in [5.74, 6) is -1.32. The summed E-state index contributed by atoms with van der Waals surface area (Å²) in [5.41, 5.74) is 6.03. The Kier molecular flexibility index (Phi) is 4.65. The summed E-state index contributed by atoms with van der Waals surface area (Å²) in [7, 11) is 1.84. The number of imidazole rings is 1. The van der Waals surface area contributed by atoms with Gasteiger partial charge < -0.3 is 20.7 Å². The molecule has 0 bridgehead atoms. The Labute approximate surface area is 98.6 Å². The van der Waals surface area contributed by atoms with E-state index in [1.165, 1.54) is 0 Å². The number of hydrogen-bond acceptors (Lipinski definition) is 4. The summed E-state index contributed by atoms with van der Waals surface area (Å²) >= 11 is 0. The van der Waals surface area contributed by atoms with Crippen molar-refractivity contribution < 1.29 is 14.7 Å². The topological polar surface area (TPSA) is 110 Å². The van der Waals surface area contributed by atoms with E-state index in [2.05, 4.69) is 10.3 Å². The van der Waals surface area contributed by atoms with Crippen LogP contribution in [0.5, 0.6) is 0 Å². The first-order valence-corrected chi connectivity index (χ1v) is 5.21. The molecule has 0 unspecified atom stereocenters. The van der Waals surface area contributed by atoms with E-state index in [0.717, 1.165) is 5.69 Å². The van der Waals surface area contributed by atoms with Crippen molar-refractivity contribution >= 4 is 11.9 Å². The average Bonchev–Trinajstić information content (AvgIpc) is 2.69. The molecule has 0 aliphatic rings. The lowest BCUT2D eigenvalue weighted by Crippen LogP contribution is -2.32. The summed E-state index contributed by atoms with van der Waals surface area (Å²) in [6.07, 6.45) is 3.66. The summed E-state index contributed by atoms with van der Waals surface area (Å²) in [6.45, 7) is 0.335. The molecule has 0 saturated carbocycles. The van der Waals surface area contributed by atoms with E-state index in [-0.39, 0.29) is 18.7 Å². The summed E-state index contributed by atoms with van der Waals surface area (Å²) in [5, 5.41) is 11.2. The van der Waals surface area contributed by atoms with Crippen LogP contribution in [0.15, 0.2) is 12.5 Å². The quantitative estimate of drug-likeness (QED) is 0.604. The van der Waals surface area contributed by atoms with Crippen LogP contribution < -0.4 is 11.1 Å². The molecular formula is C10H16N4O3. The average molecular weight is 240 g/mol. The van der Waals surface area contributed by atoms with E-state index in [1.807, 2.05) is 7.05 Å². The molecule has 0 saturated heterocycles. The number of aromatic nitrogens is 2. The number of rotatable bonds is 6. The molecule has 0 aliphatic heterocycles. The van der Waals surface area contributed by atoms with Crippen LogP contribution in [-0.4, -0.2) is 32.6 Å². The Morgan fingerprint density at radius 1 is 1.65 bits per heavy atom. The maximum absolute atomic E-state index is 11.4. The highest BCUT2D eigenvalue weighted by Gasteiger charge is 2.13. The number of carbonyl (C=O) groups excluding carboxylic acids is 1. The molecule has 1 rings (SSSR count). The van der Waals surface area contributed by atoms with E-state index in [0.29, 0.717) is 6.54 Å². The Hall–Kier alpha value is -1.89. The van der Waals surface area contributed by atoms with Gasteiger partial charge in [0.15, 0.2) is 0 Å². The number of carbonyl (C=O) groups is 2. The van der Waals surface area contributed by atoms with E-state index >= 15 is 0 Å². The number of carboxylic acids is 1. The van der Waals surface area contributed by atoms with Gasteiger partial charge in [-0.2, -0.15) is 0 Å². The predicted octanol–water partition coefficient (Wildman–Crippen LogP) is -0.772. The zero-order valence-electron chi connectivity index (χ0n) is 9.59. The van der Waals surface area contributed by atoms with Gasteiger partial charge in [-0.25, -0.2) is 4.98 Å². The minimum Gasteiger partial charge on any atom is -0.480 e. The second-order valence-electron chi connectivity index (χ2n) is 3.79. The number of aryl methyl sites for hydroxylation is 1. The lowest BCUT2D eigenvalue weighted by molar-refractivity contribution is -0.138. The van der Waals surface area contributed by atoms with Crippen molar-refractivity contribution in [3.8, 4) is 0 Å². The first-order chi connectivity index (χ1) is 7.99. The van der Waals surface area contributed by atoms with Gasteiger partial charge in [-0.15, -0.1) is 0 Å². The minimum absolute atomic E-state index is 0.0975. The lowest BCUT2D eigenvalue weighted by Gasteiger charge is -2.06. The predicted molar refractivity (Wildman–Crippen MR) is 59.9 cm³/mol. The van der Waals surface area contributed by atoms with Gasteiger partial charge in [-0.3, -0.25) is 9.59 Å². The highest BCUT2D eigenvalue weighted by molar-refractivity contribution is 5.78. The molecule has 1 heterocycles.